The molecule has 21 heavy (non-hydrogen) atoms. The Bertz CT molecular complexity index is 532. The SMILES string of the molecule is CCOc1ccc(S(=O)(=O)NCCC(O)C(C)(C)C)cc1. The van der Waals surface area contributed by atoms with E-state index in [1.54, 1.807) is 12.1 Å². The predicted octanol–water partition coefficient (Wildman–Crippen LogP) is 2.16. The molecule has 1 rings (SSSR count). The van der Waals surface area contributed by atoms with Crippen molar-refractivity contribution in [2.45, 2.75) is 45.1 Å². The van der Waals surface area contributed by atoms with Crippen molar-refractivity contribution in [3.8, 4) is 5.75 Å². The van der Waals surface area contributed by atoms with Gasteiger partial charge < -0.3 is 9.84 Å². The molecule has 0 spiro atoms. The molecule has 0 aliphatic carbocycles. The molecular weight excluding hydrogens is 290 g/mol. The van der Waals surface area contributed by atoms with Gasteiger partial charge in [0.2, 0.25) is 10.0 Å². The molecule has 6 heteroatoms. The van der Waals surface area contributed by atoms with Gasteiger partial charge in [-0.3, -0.25) is 0 Å². The van der Waals surface area contributed by atoms with E-state index in [1.165, 1.54) is 12.1 Å². The van der Waals surface area contributed by atoms with Crippen LogP contribution in [0.5, 0.6) is 5.75 Å². The third kappa shape index (κ3) is 5.65. The van der Waals surface area contributed by atoms with E-state index < -0.39 is 16.1 Å². The molecule has 0 aliphatic heterocycles. The van der Waals surface area contributed by atoms with Crippen LogP contribution in [0, 0.1) is 5.41 Å². The lowest BCUT2D eigenvalue weighted by Gasteiger charge is -2.25. The molecule has 5 nitrogen and oxygen atoms in total. The Labute approximate surface area is 127 Å². The number of hydrogen-bond acceptors (Lipinski definition) is 4. The molecule has 0 bridgehead atoms. The Morgan fingerprint density at radius 1 is 1.24 bits per heavy atom. The predicted molar refractivity (Wildman–Crippen MR) is 82.9 cm³/mol. The van der Waals surface area contributed by atoms with Crippen LogP contribution in [-0.4, -0.2) is 32.8 Å². The zero-order valence-electron chi connectivity index (χ0n) is 13.1. The van der Waals surface area contributed by atoms with E-state index in [4.69, 9.17) is 4.74 Å². The number of aliphatic hydroxyl groups excluding tert-OH is 1. The average Bonchev–Trinajstić information content (AvgIpc) is 2.38. The van der Waals surface area contributed by atoms with Crippen LogP contribution >= 0.6 is 0 Å². The maximum atomic E-state index is 12.1. The van der Waals surface area contributed by atoms with Gasteiger partial charge in [-0.25, -0.2) is 13.1 Å². The molecule has 0 saturated carbocycles. The summed E-state index contributed by atoms with van der Waals surface area (Å²) in [5.41, 5.74) is -0.259. The third-order valence-electron chi connectivity index (χ3n) is 3.15. The lowest BCUT2D eigenvalue weighted by Crippen LogP contribution is -2.32. The summed E-state index contributed by atoms with van der Waals surface area (Å²) in [6.07, 6.45) is -0.180. The highest BCUT2D eigenvalue weighted by Crippen LogP contribution is 2.21. The second-order valence-corrected chi connectivity index (χ2v) is 7.74. The van der Waals surface area contributed by atoms with E-state index in [2.05, 4.69) is 4.72 Å². The third-order valence-corrected chi connectivity index (χ3v) is 4.63. The highest BCUT2D eigenvalue weighted by atomic mass is 32.2. The fourth-order valence-electron chi connectivity index (χ4n) is 1.73. The van der Waals surface area contributed by atoms with Gasteiger partial charge >= 0.3 is 0 Å². The molecule has 1 unspecified atom stereocenters. The molecule has 0 amide bonds. The van der Waals surface area contributed by atoms with Crippen LogP contribution in [-0.2, 0) is 10.0 Å². The number of hydrogen-bond donors (Lipinski definition) is 2. The largest absolute Gasteiger partial charge is 0.494 e. The molecule has 0 heterocycles. The van der Waals surface area contributed by atoms with Gasteiger partial charge in [0, 0.05) is 6.54 Å². The molecule has 0 radical (unpaired) electrons. The summed E-state index contributed by atoms with van der Waals surface area (Å²) in [5, 5.41) is 9.90. The second-order valence-electron chi connectivity index (χ2n) is 5.97. The Balaban J connectivity index is 2.61. The van der Waals surface area contributed by atoms with E-state index >= 15 is 0 Å². The molecule has 0 fully saturated rings. The fraction of sp³-hybridized carbons (Fsp3) is 0.600. The minimum absolute atomic E-state index is 0.191. The average molecular weight is 315 g/mol. The molecule has 1 aromatic rings. The smallest absolute Gasteiger partial charge is 0.240 e. The van der Waals surface area contributed by atoms with Gasteiger partial charge in [-0.15, -0.1) is 0 Å². The maximum Gasteiger partial charge on any atom is 0.240 e. The van der Waals surface area contributed by atoms with Gasteiger partial charge in [0.05, 0.1) is 17.6 Å². The van der Waals surface area contributed by atoms with E-state index in [1.807, 2.05) is 27.7 Å². The second kappa shape index (κ2) is 7.24. The first-order valence-corrected chi connectivity index (χ1v) is 8.55. The zero-order chi connectivity index (χ0) is 16.1. The molecular formula is C15H25NO4S. The number of benzene rings is 1. The number of rotatable bonds is 7. The van der Waals surface area contributed by atoms with Gasteiger partial charge in [0.25, 0.3) is 0 Å². The van der Waals surface area contributed by atoms with Gasteiger partial charge in [-0.2, -0.15) is 0 Å². The summed E-state index contributed by atoms with van der Waals surface area (Å²) in [6.45, 7) is 8.35. The topological polar surface area (TPSA) is 75.6 Å². The van der Waals surface area contributed by atoms with Crippen molar-refractivity contribution in [2.75, 3.05) is 13.2 Å². The van der Waals surface area contributed by atoms with Gasteiger partial charge in [0.1, 0.15) is 5.75 Å². The normalized spacial score (nSPS) is 14.0. The van der Waals surface area contributed by atoms with Gasteiger partial charge in [-0.05, 0) is 43.0 Å². The first kappa shape index (κ1) is 17.9. The fourth-order valence-corrected chi connectivity index (χ4v) is 2.78. The Morgan fingerprint density at radius 2 is 1.81 bits per heavy atom. The molecule has 1 aromatic carbocycles. The van der Waals surface area contributed by atoms with Crippen molar-refractivity contribution in [1.82, 2.24) is 4.72 Å². The van der Waals surface area contributed by atoms with Crippen LogP contribution in [0.3, 0.4) is 0 Å². The molecule has 0 aliphatic rings. The van der Waals surface area contributed by atoms with Crippen molar-refractivity contribution >= 4 is 10.0 Å². The van der Waals surface area contributed by atoms with Crippen LogP contribution in [0.2, 0.25) is 0 Å². The van der Waals surface area contributed by atoms with Crippen molar-refractivity contribution < 1.29 is 18.3 Å². The first-order chi connectivity index (χ1) is 9.66. The Morgan fingerprint density at radius 3 is 2.29 bits per heavy atom. The quantitative estimate of drug-likeness (QED) is 0.808. The number of sulfonamides is 1. The van der Waals surface area contributed by atoms with E-state index in [0.29, 0.717) is 18.8 Å². The van der Waals surface area contributed by atoms with Crippen LogP contribution in [0.15, 0.2) is 29.2 Å². The maximum absolute atomic E-state index is 12.1. The van der Waals surface area contributed by atoms with E-state index in [9.17, 15) is 13.5 Å². The molecule has 1 atom stereocenters. The molecule has 0 aromatic heterocycles. The van der Waals surface area contributed by atoms with E-state index in [0.717, 1.165) is 0 Å². The van der Waals surface area contributed by atoms with Crippen molar-refractivity contribution in [3.63, 3.8) is 0 Å². The van der Waals surface area contributed by atoms with Crippen LogP contribution < -0.4 is 9.46 Å². The minimum atomic E-state index is -3.55. The van der Waals surface area contributed by atoms with Crippen LogP contribution in [0.4, 0.5) is 0 Å². The molecule has 120 valence electrons. The zero-order valence-corrected chi connectivity index (χ0v) is 13.9. The van der Waals surface area contributed by atoms with Crippen molar-refractivity contribution in [3.05, 3.63) is 24.3 Å². The summed E-state index contributed by atoms with van der Waals surface area (Å²) in [4.78, 5) is 0.191. The van der Waals surface area contributed by atoms with Crippen LogP contribution in [0.1, 0.15) is 34.1 Å². The Kier molecular flexibility index (Phi) is 6.19. The van der Waals surface area contributed by atoms with E-state index in [-0.39, 0.29) is 16.9 Å². The minimum Gasteiger partial charge on any atom is -0.494 e. The summed E-state index contributed by atoms with van der Waals surface area (Å²) in [5.74, 6) is 0.639. The lowest BCUT2D eigenvalue weighted by atomic mass is 9.87. The molecule has 0 saturated heterocycles. The first-order valence-electron chi connectivity index (χ1n) is 7.07. The van der Waals surface area contributed by atoms with Crippen molar-refractivity contribution in [1.29, 1.82) is 0 Å². The van der Waals surface area contributed by atoms with Gasteiger partial charge in [0.15, 0.2) is 0 Å². The summed E-state index contributed by atoms with van der Waals surface area (Å²) in [7, 11) is -3.55. The van der Waals surface area contributed by atoms with Crippen LogP contribution in [0.25, 0.3) is 0 Å². The van der Waals surface area contributed by atoms with Gasteiger partial charge in [-0.1, -0.05) is 20.8 Å². The highest BCUT2D eigenvalue weighted by molar-refractivity contribution is 7.89. The molecule has 2 N–H and O–H groups in total. The monoisotopic (exact) mass is 315 g/mol. The summed E-state index contributed by atoms with van der Waals surface area (Å²) < 4.78 is 32.0. The number of ether oxygens (including phenoxy) is 1. The standard InChI is InChI=1S/C15H25NO4S/c1-5-20-12-6-8-13(9-7-12)21(18,19)16-11-10-14(17)15(2,3)4/h6-9,14,16-17H,5,10-11H2,1-4H3. The van der Waals surface area contributed by atoms with Crippen molar-refractivity contribution in [2.24, 2.45) is 5.41 Å². The summed E-state index contributed by atoms with van der Waals surface area (Å²) in [6, 6.07) is 6.27. The lowest BCUT2D eigenvalue weighted by molar-refractivity contribution is 0.0571. The number of aliphatic hydroxyl groups is 1. The highest BCUT2D eigenvalue weighted by Gasteiger charge is 2.22. The number of nitrogens with one attached hydrogen (secondary N) is 1. The Hall–Kier alpha value is -1.11. The summed E-state index contributed by atoms with van der Waals surface area (Å²) >= 11 is 0.